The van der Waals surface area contributed by atoms with E-state index in [-0.39, 0.29) is 41.8 Å². The third-order valence-electron chi connectivity index (χ3n) is 20.3. The molecule has 3 aliphatic heterocycles. The molecule has 0 saturated carbocycles. The van der Waals surface area contributed by atoms with E-state index in [1.165, 1.54) is 14.7 Å². The van der Waals surface area contributed by atoms with Gasteiger partial charge in [-0.1, -0.05) is 155 Å². The summed E-state index contributed by atoms with van der Waals surface area (Å²) in [6, 6.07) is 82.1. The lowest BCUT2D eigenvalue weighted by atomic mass is 9.98. The van der Waals surface area contributed by atoms with Crippen LogP contribution < -0.4 is 21.3 Å². The fourth-order valence-electron chi connectivity index (χ4n) is 14.1. The summed E-state index contributed by atoms with van der Waals surface area (Å²) in [6.45, 7) is 21.8. The molecule has 4 aromatic heterocycles. The SMILES string of the molecule is CC(C)(C)OC(=O)Nc1ccc(-c2cc(-c3ccccc3)n(C(=O)c3ccc(Br)cc3)n2)cc1.CC(C)(C)OC(=O)Nc1ccc(C2=NN(C(=O)c3ccc(Br)cc3)C(c3ccccn3)C2)cc1.CC(C)(C)OC(=O)Nc1ccc(C2=NN(C(=O)c3ccc(Br)cc3)C(c3cccnc3)C2)cc1.CC(C)(C)OC(=O)Nc1ccc(C2=NN(C(=O)c3ccc(Br)cc3)C(c3ccncc3)C2)cc1. The number of halogens is 4. The van der Waals surface area contributed by atoms with Gasteiger partial charge in [0.15, 0.2) is 0 Å². The van der Waals surface area contributed by atoms with Crippen molar-refractivity contribution in [2.45, 2.75) is 143 Å². The fourth-order valence-corrected chi connectivity index (χ4v) is 15.2. The summed E-state index contributed by atoms with van der Waals surface area (Å²) in [5, 5.41) is 34.2. The van der Waals surface area contributed by atoms with Gasteiger partial charge in [-0.25, -0.2) is 34.2 Å². The zero-order valence-corrected chi connectivity index (χ0v) is 82.9. The Balaban J connectivity index is 0.000000153. The molecule has 0 radical (unpaired) electrons. The van der Waals surface area contributed by atoms with Crippen molar-refractivity contribution in [1.82, 2.24) is 39.8 Å². The standard InChI is InChI=1S/C27H24BrN3O3.3C26H25BrN4O3/c1-27(2,3)34-26(33)29-22-15-11-18(12-16-22)23-17-24(19-7-5-4-6-8-19)31(30-23)25(32)20-9-13-21(28)14-10-20;1-26(2,3)34-25(33)29-21-10-6-17(7-11-21)22-16-23(18-12-14-28-15-13-18)31(30-22)24(32)19-4-8-20(27)9-5-19;1-26(2,3)34-25(33)29-21-12-8-17(9-13-21)22-15-23(19-5-4-14-28-16-19)31(30-22)24(32)18-6-10-20(27)11-7-18;1-26(2,3)34-25(33)29-20-13-9-17(10-14-20)22-16-23(21-6-4-5-15-28-21)31(30-22)24(32)18-7-11-19(27)12-8-18/h4-17H,1-3H3,(H,29,33);4-15,23H,16H2,1-3H3,(H,29,33);4-14,16,23H,15H2,1-3H3,(H,29,33);4-15,23H,16H2,1-3H3,(H,29,33). The molecule has 27 nitrogen and oxygen atoms in total. The summed E-state index contributed by atoms with van der Waals surface area (Å²) in [4.78, 5) is 114. The average molecular weight is 2080 g/mol. The number of pyridine rings is 3. The highest BCUT2D eigenvalue weighted by molar-refractivity contribution is 9.11. The van der Waals surface area contributed by atoms with Crippen LogP contribution in [0.15, 0.2) is 337 Å². The minimum Gasteiger partial charge on any atom is -0.444 e. The van der Waals surface area contributed by atoms with Crippen molar-refractivity contribution in [3.63, 3.8) is 0 Å². The quantitative estimate of drug-likeness (QED) is 0.0653. The Morgan fingerprint density at radius 2 is 0.647 bits per heavy atom. The van der Waals surface area contributed by atoms with E-state index in [0.29, 0.717) is 75.7 Å². The van der Waals surface area contributed by atoms with Crippen LogP contribution >= 0.6 is 63.7 Å². The molecule has 7 amide bonds. The van der Waals surface area contributed by atoms with Gasteiger partial charge < -0.3 is 18.9 Å². The molecule has 7 heterocycles. The normalized spacial score (nSPS) is 14.5. The minimum absolute atomic E-state index is 0.174. The second kappa shape index (κ2) is 44.3. The molecule has 0 spiro atoms. The number of carbonyl (C=O) groups excluding carboxylic acids is 8. The van der Waals surface area contributed by atoms with E-state index in [9.17, 15) is 38.4 Å². The molecule has 3 unspecified atom stereocenters. The molecule has 4 N–H and O–H groups in total. The van der Waals surface area contributed by atoms with Crippen molar-refractivity contribution in [2.75, 3.05) is 21.3 Å². The summed E-state index contributed by atoms with van der Waals surface area (Å²) in [5.74, 6) is -0.769. The zero-order chi connectivity index (χ0) is 97.2. The minimum atomic E-state index is -0.577. The van der Waals surface area contributed by atoms with Gasteiger partial charge in [0.2, 0.25) is 0 Å². The first-order valence-electron chi connectivity index (χ1n) is 43.4. The molecular formula is C105H99Br4N15O12. The van der Waals surface area contributed by atoms with E-state index in [1.54, 1.807) is 133 Å². The summed E-state index contributed by atoms with van der Waals surface area (Å²) >= 11 is 13.6. The molecule has 0 fully saturated rings. The van der Waals surface area contributed by atoms with Gasteiger partial charge in [-0.15, -0.1) is 0 Å². The number of rotatable bonds is 16. The maximum absolute atomic E-state index is 13.3. The van der Waals surface area contributed by atoms with Crippen LogP contribution in [0.25, 0.3) is 22.5 Å². The lowest BCUT2D eigenvalue weighted by Gasteiger charge is -2.22. The number of anilines is 4. The fraction of sp³-hybridized carbons (Fsp3) is 0.210. The van der Waals surface area contributed by atoms with Gasteiger partial charge in [0.25, 0.3) is 23.6 Å². The Labute approximate surface area is 822 Å². The van der Waals surface area contributed by atoms with E-state index < -0.39 is 46.8 Å². The lowest BCUT2D eigenvalue weighted by Crippen LogP contribution is -2.27. The number of aromatic nitrogens is 5. The van der Waals surface area contributed by atoms with Crippen molar-refractivity contribution in [1.29, 1.82) is 0 Å². The monoisotopic (exact) mass is 2080 g/mol. The molecule has 31 heteroatoms. The molecule has 0 bridgehead atoms. The van der Waals surface area contributed by atoms with Gasteiger partial charge >= 0.3 is 24.4 Å². The first kappa shape index (κ1) is 99.2. The van der Waals surface area contributed by atoms with E-state index in [2.05, 4.69) is 105 Å². The van der Waals surface area contributed by atoms with Gasteiger partial charge in [-0.3, -0.25) is 55.4 Å². The molecular weight excluding hydrogens is 1980 g/mol. The molecule has 136 heavy (non-hydrogen) atoms. The van der Waals surface area contributed by atoms with Gasteiger partial charge in [0, 0.05) is 124 Å². The van der Waals surface area contributed by atoms with Gasteiger partial charge in [-0.05, 0) is 293 Å². The van der Waals surface area contributed by atoms with E-state index >= 15 is 0 Å². The van der Waals surface area contributed by atoms with E-state index in [1.807, 2.05) is 259 Å². The van der Waals surface area contributed by atoms with Crippen LogP contribution in [-0.4, -0.2) is 127 Å². The predicted octanol–water partition coefficient (Wildman–Crippen LogP) is 25.6. The first-order chi connectivity index (χ1) is 64.8. The van der Waals surface area contributed by atoms with E-state index in [4.69, 9.17) is 34.3 Å². The lowest BCUT2D eigenvalue weighted by molar-refractivity contribution is 0.0624. The van der Waals surface area contributed by atoms with Crippen LogP contribution in [0.3, 0.4) is 0 Å². The smallest absolute Gasteiger partial charge is 0.412 e. The van der Waals surface area contributed by atoms with Gasteiger partial charge in [-0.2, -0.15) is 25.1 Å². The van der Waals surface area contributed by atoms with Gasteiger partial charge in [0.1, 0.15) is 28.4 Å². The Bertz CT molecular complexity index is 6040. The topological polar surface area (TPSA) is 325 Å². The Hall–Kier alpha value is -14.3. The third-order valence-corrected chi connectivity index (χ3v) is 22.4. The van der Waals surface area contributed by atoms with Crippen LogP contribution in [0.5, 0.6) is 0 Å². The highest BCUT2D eigenvalue weighted by Gasteiger charge is 2.38. The predicted molar refractivity (Wildman–Crippen MR) is 541 cm³/mol. The highest BCUT2D eigenvalue weighted by atomic mass is 79.9. The number of hydrogen-bond donors (Lipinski definition) is 4. The van der Waals surface area contributed by atoms with Crippen LogP contribution in [0.2, 0.25) is 0 Å². The number of amides is 7. The Morgan fingerprint density at radius 3 is 0.985 bits per heavy atom. The highest BCUT2D eigenvalue weighted by Crippen LogP contribution is 2.39. The Morgan fingerprint density at radius 1 is 0.316 bits per heavy atom. The second-order valence-electron chi connectivity index (χ2n) is 35.4. The molecule has 13 aromatic rings. The molecule has 0 saturated heterocycles. The van der Waals surface area contributed by atoms with Gasteiger partial charge in [0.05, 0.1) is 46.3 Å². The number of carbonyl (C=O) groups is 8. The average Bonchev–Trinajstić information content (AvgIpc) is 1.66. The van der Waals surface area contributed by atoms with E-state index in [0.717, 1.165) is 79.7 Å². The number of benzene rings is 9. The van der Waals surface area contributed by atoms with Crippen molar-refractivity contribution in [3.8, 4) is 22.5 Å². The molecule has 694 valence electrons. The summed E-state index contributed by atoms with van der Waals surface area (Å²) in [7, 11) is 0. The molecule has 16 rings (SSSR count). The number of hydrogen-bond acceptors (Lipinski definition) is 19. The Kier molecular flexibility index (Phi) is 32.3. The zero-order valence-electron chi connectivity index (χ0n) is 76.6. The number of ether oxygens (including phenoxy) is 4. The maximum Gasteiger partial charge on any atom is 0.412 e. The van der Waals surface area contributed by atoms with Crippen molar-refractivity contribution < 1.29 is 57.3 Å². The summed E-state index contributed by atoms with van der Waals surface area (Å²) < 4.78 is 26.2. The number of nitrogens with zero attached hydrogens (tertiary/aromatic N) is 11. The molecule has 9 aromatic carbocycles. The molecule has 3 aliphatic rings. The second-order valence-corrected chi connectivity index (χ2v) is 39.1. The largest absolute Gasteiger partial charge is 0.444 e. The van der Waals surface area contributed by atoms with Crippen molar-refractivity contribution in [2.24, 2.45) is 15.3 Å². The van der Waals surface area contributed by atoms with Crippen LogP contribution in [0.4, 0.5) is 41.9 Å². The van der Waals surface area contributed by atoms with Crippen LogP contribution in [-0.2, 0) is 18.9 Å². The maximum atomic E-state index is 13.3. The molecule has 0 aliphatic carbocycles. The number of nitrogens with one attached hydrogen (secondary N) is 4. The van der Waals surface area contributed by atoms with Crippen molar-refractivity contribution in [3.05, 3.63) is 378 Å². The number of hydrazone groups is 3. The summed E-state index contributed by atoms with van der Waals surface area (Å²) in [5.41, 5.74) is 13.0. The molecule has 3 atom stereocenters. The third kappa shape index (κ3) is 28.0. The van der Waals surface area contributed by atoms with Crippen molar-refractivity contribution >= 4 is 152 Å². The van der Waals surface area contributed by atoms with Crippen LogP contribution in [0, 0.1) is 0 Å². The summed E-state index contributed by atoms with van der Waals surface area (Å²) in [6.07, 6.45) is 8.19. The van der Waals surface area contributed by atoms with Crippen LogP contribution in [0.1, 0.15) is 195 Å². The first-order valence-corrected chi connectivity index (χ1v) is 46.5.